The zero-order chi connectivity index (χ0) is 13.1. The molecule has 0 bridgehead atoms. The molecule has 1 heterocycles. The monoisotopic (exact) mass is 265 g/mol. The van der Waals surface area contributed by atoms with Crippen molar-refractivity contribution in [2.24, 2.45) is 0 Å². The SMILES string of the molecule is COc1c(N)ncnc1Oc1ccc(Cl)c(C)c1. The number of nitrogens with two attached hydrogens (primary N) is 1. The van der Waals surface area contributed by atoms with Crippen LogP contribution in [0.25, 0.3) is 0 Å². The van der Waals surface area contributed by atoms with E-state index in [2.05, 4.69) is 9.97 Å². The van der Waals surface area contributed by atoms with Crippen LogP contribution < -0.4 is 15.2 Å². The van der Waals surface area contributed by atoms with Gasteiger partial charge in [-0.05, 0) is 30.7 Å². The molecule has 5 nitrogen and oxygen atoms in total. The molecule has 94 valence electrons. The van der Waals surface area contributed by atoms with Crippen LogP contribution in [0.2, 0.25) is 5.02 Å². The second-order valence-corrected chi connectivity index (χ2v) is 4.02. The number of aryl methyl sites for hydroxylation is 1. The summed E-state index contributed by atoms with van der Waals surface area (Å²) in [6.07, 6.45) is 1.32. The second-order valence-electron chi connectivity index (χ2n) is 3.61. The molecule has 0 unspecified atom stereocenters. The lowest BCUT2D eigenvalue weighted by Crippen LogP contribution is -2.00. The molecule has 0 atom stereocenters. The van der Waals surface area contributed by atoms with E-state index in [4.69, 9.17) is 26.8 Å². The van der Waals surface area contributed by atoms with Crippen LogP contribution >= 0.6 is 11.6 Å². The third-order valence-corrected chi connectivity index (χ3v) is 2.77. The molecule has 0 amide bonds. The lowest BCUT2D eigenvalue weighted by atomic mass is 10.2. The molecule has 1 aromatic carbocycles. The number of anilines is 1. The van der Waals surface area contributed by atoms with Crippen LogP contribution in [-0.2, 0) is 0 Å². The Bertz CT molecular complexity index is 575. The van der Waals surface area contributed by atoms with Crippen LogP contribution in [0, 0.1) is 6.92 Å². The highest BCUT2D eigenvalue weighted by Gasteiger charge is 2.12. The number of halogens is 1. The van der Waals surface area contributed by atoms with Gasteiger partial charge in [0.2, 0.25) is 5.75 Å². The smallest absolute Gasteiger partial charge is 0.268 e. The van der Waals surface area contributed by atoms with Gasteiger partial charge >= 0.3 is 0 Å². The van der Waals surface area contributed by atoms with E-state index in [0.717, 1.165) is 5.56 Å². The van der Waals surface area contributed by atoms with Crippen LogP contribution in [0.3, 0.4) is 0 Å². The number of hydrogen-bond acceptors (Lipinski definition) is 5. The number of aromatic nitrogens is 2. The maximum absolute atomic E-state index is 5.94. The van der Waals surface area contributed by atoms with Gasteiger partial charge in [0, 0.05) is 5.02 Å². The molecule has 0 aliphatic carbocycles. The Morgan fingerprint density at radius 3 is 2.72 bits per heavy atom. The zero-order valence-electron chi connectivity index (χ0n) is 9.98. The molecule has 2 aromatic rings. The number of nitrogen functional groups attached to an aromatic ring is 1. The molecule has 6 heteroatoms. The van der Waals surface area contributed by atoms with Gasteiger partial charge in [0.05, 0.1) is 7.11 Å². The Morgan fingerprint density at radius 2 is 2.06 bits per heavy atom. The highest BCUT2D eigenvalue weighted by Crippen LogP contribution is 2.33. The summed E-state index contributed by atoms with van der Waals surface area (Å²) in [5, 5.41) is 0.677. The highest BCUT2D eigenvalue weighted by atomic mass is 35.5. The average molecular weight is 266 g/mol. The van der Waals surface area contributed by atoms with Crippen molar-refractivity contribution in [2.45, 2.75) is 6.92 Å². The number of hydrogen-bond donors (Lipinski definition) is 1. The van der Waals surface area contributed by atoms with Gasteiger partial charge in [-0.3, -0.25) is 0 Å². The van der Waals surface area contributed by atoms with Crippen molar-refractivity contribution in [3.63, 3.8) is 0 Å². The standard InChI is InChI=1S/C12H12ClN3O2/c1-7-5-8(3-4-9(7)13)18-12-10(17-2)11(14)15-6-16-12/h3-6H,1-2H3,(H2,14,15,16). The Hall–Kier alpha value is -2.01. The molecule has 0 saturated heterocycles. The summed E-state index contributed by atoms with van der Waals surface area (Å²) in [6, 6.07) is 5.30. The van der Waals surface area contributed by atoms with Crippen molar-refractivity contribution < 1.29 is 9.47 Å². The van der Waals surface area contributed by atoms with Crippen molar-refractivity contribution in [1.82, 2.24) is 9.97 Å². The maximum Gasteiger partial charge on any atom is 0.268 e. The van der Waals surface area contributed by atoms with E-state index in [0.29, 0.717) is 16.5 Å². The average Bonchev–Trinajstić information content (AvgIpc) is 2.34. The lowest BCUT2D eigenvalue weighted by Gasteiger charge is -2.10. The summed E-state index contributed by atoms with van der Waals surface area (Å²) in [7, 11) is 1.48. The van der Waals surface area contributed by atoms with Crippen molar-refractivity contribution in [3.05, 3.63) is 35.1 Å². The molecule has 18 heavy (non-hydrogen) atoms. The van der Waals surface area contributed by atoms with Gasteiger partial charge in [-0.15, -0.1) is 0 Å². The van der Waals surface area contributed by atoms with Crippen molar-refractivity contribution >= 4 is 17.4 Å². The number of benzene rings is 1. The fourth-order valence-corrected chi connectivity index (χ4v) is 1.54. The summed E-state index contributed by atoms with van der Waals surface area (Å²) in [6.45, 7) is 1.89. The van der Waals surface area contributed by atoms with Crippen molar-refractivity contribution in [3.8, 4) is 17.4 Å². The minimum atomic E-state index is 0.230. The molecule has 0 saturated carbocycles. The van der Waals surface area contributed by atoms with E-state index in [1.165, 1.54) is 13.4 Å². The number of rotatable bonds is 3. The van der Waals surface area contributed by atoms with Gasteiger partial charge in [-0.25, -0.2) is 4.98 Å². The van der Waals surface area contributed by atoms with Crippen LogP contribution in [0.1, 0.15) is 5.56 Å². The predicted molar refractivity (Wildman–Crippen MR) is 69.3 cm³/mol. The van der Waals surface area contributed by atoms with Crippen LogP contribution in [-0.4, -0.2) is 17.1 Å². The topological polar surface area (TPSA) is 70.3 Å². The van der Waals surface area contributed by atoms with Gasteiger partial charge < -0.3 is 15.2 Å². The van der Waals surface area contributed by atoms with Crippen molar-refractivity contribution in [1.29, 1.82) is 0 Å². The van der Waals surface area contributed by atoms with Crippen molar-refractivity contribution in [2.75, 3.05) is 12.8 Å². The molecular weight excluding hydrogens is 254 g/mol. The summed E-state index contributed by atoms with van der Waals surface area (Å²) in [5.41, 5.74) is 6.57. The second kappa shape index (κ2) is 5.10. The lowest BCUT2D eigenvalue weighted by molar-refractivity contribution is 0.369. The summed E-state index contributed by atoms with van der Waals surface area (Å²) < 4.78 is 10.7. The molecule has 0 radical (unpaired) electrons. The van der Waals surface area contributed by atoms with Crippen LogP contribution in [0.5, 0.6) is 17.4 Å². The van der Waals surface area contributed by atoms with E-state index < -0.39 is 0 Å². The molecule has 0 aliphatic heterocycles. The minimum absolute atomic E-state index is 0.230. The number of nitrogens with zero attached hydrogens (tertiary/aromatic N) is 2. The molecular formula is C12H12ClN3O2. The predicted octanol–water partition coefficient (Wildman–Crippen LogP) is 2.82. The first kappa shape index (κ1) is 12.4. The summed E-state index contributed by atoms with van der Waals surface area (Å²) in [5.74, 6) is 1.42. The fraction of sp³-hybridized carbons (Fsp3) is 0.167. The van der Waals surface area contributed by atoms with Gasteiger partial charge in [0.25, 0.3) is 5.88 Å². The van der Waals surface area contributed by atoms with Gasteiger partial charge in [-0.1, -0.05) is 11.6 Å². The molecule has 0 fully saturated rings. The first-order valence-corrected chi connectivity index (χ1v) is 5.58. The first-order valence-electron chi connectivity index (χ1n) is 5.20. The Labute approximate surface area is 110 Å². The minimum Gasteiger partial charge on any atom is -0.489 e. The third-order valence-electron chi connectivity index (χ3n) is 2.35. The van der Waals surface area contributed by atoms with E-state index in [1.54, 1.807) is 18.2 Å². The molecule has 1 aromatic heterocycles. The van der Waals surface area contributed by atoms with E-state index >= 15 is 0 Å². The molecule has 0 aliphatic rings. The van der Waals surface area contributed by atoms with E-state index in [1.807, 2.05) is 6.92 Å². The van der Waals surface area contributed by atoms with E-state index in [-0.39, 0.29) is 11.7 Å². The fourth-order valence-electron chi connectivity index (χ4n) is 1.43. The normalized spacial score (nSPS) is 10.2. The highest BCUT2D eigenvalue weighted by molar-refractivity contribution is 6.31. The quantitative estimate of drug-likeness (QED) is 0.924. The zero-order valence-corrected chi connectivity index (χ0v) is 10.7. The molecule has 0 spiro atoms. The number of methoxy groups -OCH3 is 1. The summed E-state index contributed by atoms with van der Waals surface area (Å²) >= 11 is 5.94. The molecule has 2 rings (SSSR count). The Morgan fingerprint density at radius 1 is 1.28 bits per heavy atom. The van der Waals surface area contributed by atoms with Gasteiger partial charge in [-0.2, -0.15) is 4.98 Å². The number of ether oxygens (including phenoxy) is 2. The van der Waals surface area contributed by atoms with Gasteiger partial charge in [0.1, 0.15) is 12.1 Å². The van der Waals surface area contributed by atoms with Gasteiger partial charge in [0.15, 0.2) is 5.82 Å². The largest absolute Gasteiger partial charge is 0.489 e. The van der Waals surface area contributed by atoms with Crippen LogP contribution in [0.4, 0.5) is 5.82 Å². The first-order chi connectivity index (χ1) is 8.61. The molecule has 2 N–H and O–H groups in total. The van der Waals surface area contributed by atoms with Crippen LogP contribution in [0.15, 0.2) is 24.5 Å². The Balaban J connectivity index is 2.34. The van der Waals surface area contributed by atoms with E-state index in [9.17, 15) is 0 Å². The Kier molecular flexibility index (Phi) is 3.53. The maximum atomic E-state index is 5.94. The third kappa shape index (κ3) is 2.46. The summed E-state index contributed by atoms with van der Waals surface area (Å²) in [4.78, 5) is 7.81.